The number of hydrogen-bond donors (Lipinski definition) is 0. The summed E-state index contributed by atoms with van der Waals surface area (Å²) in [4.78, 5) is 0. The van der Waals surface area contributed by atoms with Gasteiger partial charge >= 0.3 is 0 Å². The van der Waals surface area contributed by atoms with Gasteiger partial charge in [0.05, 0.1) is 13.2 Å². The monoisotopic (exact) mass is 640 g/mol. The largest absolute Gasteiger partial charge is 0.381 e. The highest BCUT2D eigenvalue weighted by atomic mass is 32.2. The molecule has 0 aromatic rings. The number of unbranched alkanes of at least 4 members (excludes halogenated alkanes) is 8. The molecule has 0 aliphatic carbocycles. The van der Waals surface area contributed by atoms with Gasteiger partial charge in [-0.05, 0) is 25.7 Å². The summed E-state index contributed by atoms with van der Waals surface area (Å²) >= 11 is 6.01. The maximum absolute atomic E-state index is 5.44. The van der Waals surface area contributed by atoms with Gasteiger partial charge in [0.2, 0.25) is 0 Å². The minimum Gasteiger partial charge on any atom is -0.381 e. The first-order chi connectivity index (χ1) is 19.7. The van der Waals surface area contributed by atoms with Gasteiger partial charge in [0, 0.05) is 84.4 Å². The zero-order chi connectivity index (χ0) is 30.6. The van der Waals surface area contributed by atoms with Crippen molar-refractivity contribution >= 4 is 48.2 Å². The van der Waals surface area contributed by atoms with E-state index in [0.29, 0.717) is 13.2 Å². The van der Waals surface area contributed by atoms with Gasteiger partial charge in [0.25, 0.3) is 0 Å². The first-order valence-electron chi connectivity index (χ1n) is 15.1. The molecule has 0 bridgehead atoms. The SMILES string of the molecule is C=CCOCC=C.C=CCSOSCC=C.CCCCCOCCCCC.CCCCCSOSCCCCC. The lowest BCUT2D eigenvalue weighted by Gasteiger charge is -2.01. The zero-order valence-corrected chi connectivity index (χ0v) is 29.8. The van der Waals surface area contributed by atoms with E-state index in [0.717, 1.165) is 36.2 Å². The van der Waals surface area contributed by atoms with Gasteiger partial charge < -0.3 is 9.47 Å². The van der Waals surface area contributed by atoms with Gasteiger partial charge in [-0.25, -0.2) is 7.26 Å². The number of hydrogen-bond acceptors (Lipinski definition) is 8. The fraction of sp³-hybridized carbons (Fsp3) is 0.750. The zero-order valence-electron chi connectivity index (χ0n) is 26.5. The van der Waals surface area contributed by atoms with Crippen molar-refractivity contribution in [2.75, 3.05) is 49.4 Å². The van der Waals surface area contributed by atoms with Crippen molar-refractivity contribution in [1.82, 2.24) is 0 Å². The summed E-state index contributed by atoms with van der Waals surface area (Å²) < 4.78 is 20.7. The predicted octanol–water partition coefficient (Wildman–Crippen LogP) is 12.1. The second kappa shape index (κ2) is 55.2. The Morgan fingerprint density at radius 2 is 0.825 bits per heavy atom. The lowest BCUT2D eigenvalue weighted by Crippen LogP contribution is -1.96. The summed E-state index contributed by atoms with van der Waals surface area (Å²) in [6.07, 6.45) is 22.5. The van der Waals surface area contributed by atoms with E-state index in [2.05, 4.69) is 54.0 Å². The van der Waals surface area contributed by atoms with Crippen molar-refractivity contribution in [3.05, 3.63) is 50.6 Å². The van der Waals surface area contributed by atoms with E-state index in [1.165, 1.54) is 101 Å². The van der Waals surface area contributed by atoms with Crippen LogP contribution in [0.1, 0.15) is 105 Å². The van der Waals surface area contributed by atoms with Crippen LogP contribution in [0.5, 0.6) is 0 Å². The number of rotatable bonds is 28. The second-order valence-electron chi connectivity index (χ2n) is 8.48. The van der Waals surface area contributed by atoms with Crippen molar-refractivity contribution in [3.63, 3.8) is 0 Å². The average Bonchev–Trinajstić information content (AvgIpc) is 2.97. The maximum atomic E-state index is 5.44. The standard InChI is InChI=1S/C10H22OS2.C10H22O.C6H10OS2.C6H10O/c1-3-5-7-9-12-11-13-10-8-6-4-2;1-3-5-7-9-11-10-8-6-4-2;1-3-5-8-7-9-6-4-2;1-3-5-7-6-4-2/h3-10H2,1-2H3;3-10H2,1-2H3;3-4H,1-2,5-6H2;3-4H,1-2,5-6H2. The fourth-order valence-corrected chi connectivity index (χ4v) is 4.72. The van der Waals surface area contributed by atoms with Crippen LogP contribution in [0.15, 0.2) is 50.6 Å². The Labute approximate surface area is 268 Å². The number of ether oxygens (including phenoxy) is 2. The fourth-order valence-electron chi connectivity index (χ4n) is 2.35. The highest BCUT2D eigenvalue weighted by Crippen LogP contribution is 2.18. The third-order valence-electron chi connectivity index (χ3n) is 4.48. The molecule has 0 amide bonds. The Hall–Kier alpha value is 0.200. The summed E-state index contributed by atoms with van der Waals surface area (Å²) in [5.74, 6) is 3.97. The molecule has 0 saturated carbocycles. The topological polar surface area (TPSA) is 36.9 Å². The highest BCUT2D eigenvalue weighted by Gasteiger charge is 1.92. The van der Waals surface area contributed by atoms with Crippen LogP contribution in [0, 0.1) is 0 Å². The molecule has 0 atom stereocenters. The normalized spacial score (nSPS) is 9.70. The maximum Gasteiger partial charge on any atom is 0.0649 e. The third-order valence-corrected chi connectivity index (χ3v) is 7.68. The molecule has 0 aromatic carbocycles. The van der Waals surface area contributed by atoms with Crippen molar-refractivity contribution in [3.8, 4) is 0 Å². The smallest absolute Gasteiger partial charge is 0.0649 e. The van der Waals surface area contributed by atoms with Crippen LogP contribution in [0.4, 0.5) is 0 Å². The Kier molecular flexibility index (Phi) is 65.0. The second-order valence-corrected chi connectivity index (χ2v) is 12.0. The van der Waals surface area contributed by atoms with Crippen molar-refractivity contribution in [2.45, 2.75) is 105 Å². The van der Waals surface area contributed by atoms with E-state index >= 15 is 0 Å². The van der Waals surface area contributed by atoms with Gasteiger partial charge in [-0.2, -0.15) is 0 Å². The molecule has 0 spiro atoms. The molecule has 0 N–H and O–H groups in total. The van der Waals surface area contributed by atoms with Gasteiger partial charge in [0.1, 0.15) is 0 Å². The van der Waals surface area contributed by atoms with E-state index < -0.39 is 0 Å². The molecule has 0 aliphatic rings. The van der Waals surface area contributed by atoms with Crippen LogP contribution in [-0.2, 0) is 16.7 Å². The van der Waals surface area contributed by atoms with Crippen LogP contribution < -0.4 is 0 Å². The van der Waals surface area contributed by atoms with E-state index in [-0.39, 0.29) is 0 Å². The Morgan fingerprint density at radius 3 is 1.18 bits per heavy atom. The van der Waals surface area contributed by atoms with E-state index in [9.17, 15) is 0 Å². The Morgan fingerprint density at radius 1 is 0.450 bits per heavy atom. The molecule has 0 saturated heterocycles. The molecule has 8 heteroatoms. The molecule has 0 radical (unpaired) electrons. The third kappa shape index (κ3) is 66.5. The minimum atomic E-state index is 0.617. The van der Waals surface area contributed by atoms with Crippen LogP contribution in [0.2, 0.25) is 0 Å². The van der Waals surface area contributed by atoms with Gasteiger partial charge in [-0.15, -0.1) is 26.3 Å². The van der Waals surface area contributed by atoms with E-state index in [4.69, 9.17) is 16.7 Å². The van der Waals surface area contributed by atoms with Crippen LogP contribution in [0.25, 0.3) is 0 Å². The lowest BCUT2D eigenvalue weighted by molar-refractivity contribution is 0.126. The van der Waals surface area contributed by atoms with Gasteiger partial charge in [-0.3, -0.25) is 0 Å². The van der Waals surface area contributed by atoms with E-state index in [1.807, 2.05) is 0 Å². The summed E-state index contributed by atoms with van der Waals surface area (Å²) in [6.45, 7) is 26.1. The average molecular weight is 641 g/mol. The molecular formula is C32H64O4S4. The van der Waals surface area contributed by atoms with Crippen LogP contribution in [-0.4, -0.2) is 49.4 Å². The molecular weight excluding hydrogens is 577 g/mol. The van der Waals surface area contributed by atoms with Crippen molar-refractivity contribution in [1.29, 1.82) is 0 Å². The molecule has 0 aliphatic heterocycles. The molecule has 0 aromatic heterocycles. The lowest BCUT2D eigenvalue weighted by atomic mass is 10.2. The van der Waals surface area contributed by atoms with Crippen LogP contribution in [0.3, 0.4) is 0 Å². The molecule has 4 nitrogen and oxygen atoms in total. The molecule has 0 unspecified atom stereocenters. The molecule has 0 fully saturated rings. The first-order valence-corrected chi connectivity index (χ1v) is 18.7. The highest BCUT2D eigenvalue weighted by molar-refractivity contribution is 8.08. The summed E-state index contributed by atoms with van der Waals surface area (Å²) in [7, 11) is 0. The quantitative estimate of drug-likeness (QED) is 0.0475. The van der Waals surface area contributed by atoms with Crippen molar-refractivity contribution < 1.29 is 16.7 Å². The molecule has 0 heterocycles. The minimum absolute atomic E-state index is 0.617. The summed E-state index contributed by atoms with van der Waals surface area (Å²) in [5, 5.41) is 0. The summed E-state index contributed by atoms with van der Waals surface area (Å²) in [5.41, 5.74) is 0. The Balaban J connectivity index is -0.000000221. The van der Waals surface area contributed by atoms with Crippen molar-refractivity contribution in [2.24, 2.45) is 0 Å². The van der Waals surface area contributed by atoms with Gasteiger partial charge in [-0.1, -0.05) is 103 Å². The summed E-state index contributed by atoms with van der Waals surface area (Å²) in [6, 6.07) is 0. The van der Waals surface area contributed by atoms with Crippen LogP contribution >= 0.6 is 48.2 Å². The predicted molar refractivity (Wildman–Crippen MR) is 193 cm³/mol. The molecule has 0 rings (SSSR count). The molecule has 240 valence electrons. The molecule has 40 heavy (non-hydrogen) atoms. The first kappa shape index (κ1) is 47.1. The van der Waals surface area contributed by atoms with E-state index in [1.54, 1.807) is 48.4 Å². The Bertz CT molecular complexity index is 419. The van der Waals surface area contributed by atoms with Gasteiger partial charge in [0.15, 0.2) is 0 Å².